The molecule has 0 spiro atoms. The zero-order valence-electron chi connectivity index (χ0n) is 16.8. The van der Waals surface area contributed by atoms with E-state index in [1.807, 2.05) is 6.07 Å². The standard InChI is InChI=1S/C21H27N3O5/c1-27-18-6-5-15(12-19(18)28-2)21(26)23-16-7-9-24(10-8-16)14-20(25)22-13-17-4-3-11-29-17/h3-6,11-12,16H,7-10,13-14H2,1-2H3,(H,22,25)(H,23,26)/p+1. The van der Waals surface area contributed by atoms with Crippen molar-refractivity contribution in [2.45, 2.75) is 25.4 Å². The fraction of sp³-hybridized carbons (Fsp3) is 0.429. The van der Waals surface area contributed by atoms with Crippen molar-refractivity contribution in [3.63, 3.8) is 0 Å². The number of nitrogens with one attached hydrogen (secondary N) is 3. The van der Waals surface area contributed by atoms with Gasteiger partial charge in [-0.3, -0.25) is 9.59 Å². The van der Waals surface area contributed by atoms with Gasteiger partial charge in [-0.1, -0.05) is 0 Å². The fourth-order valence-corrected chi connectivity index (χ4v) is 3.48. The summed E-state index contributed by atoms with van der Waals surface area (Å²) < 4.78 is 15.7. The second-order valence-electron chi connectivity index (χ2n) is 7.10. The average Bonchev–Trinajstić information content (AvgIpc) is 3.27. The first-order chi connectivity index (χ1) is 14.1. The Morgan fingerprint density at radius 1 is 1.14 bits per heavy atom. The molecule has 2 heterocycles. The smallest absolute Gasteiger partial charge is 0.275 e. The van der Waals surface area contributed by atoms with Crippen LogP contribution in [0.1, 0.15) is 29.0 Å². The summed E-state index contributed by atoms with van der Waals surface area (Å²) in [5.41, 5.74) is 0.537. The van der Waals surface area contributed by atoms with Gasteiger partial charge in [0, 0.05) is 24.4 Å². The molecule has 2 aromatic rings. The van der Waals surface area contributed by atoms with E-state index in [2.05, 4.69) is 10.6 Å². The van der Waals surface area contributed by atoms with Crippen molar-refractivity contribution in [1.29, 1.82) is 0 Å². The van der Waals surface area contributed by atoms with Gasteiger partial charge in [0.25, 0.3) is 11.8 Å². The molecule has 0 bridgehead atoms. The van der Waals surface area contributed by atoms with E-state index < -0.39 is 0 Å². The lowest BCUT2D eigenvalue weighted by Gasteiger charge is -2.29. The van der Waals surface area contributed by atoms with Crippen LogP contribution in [0.4, 0.5) is 0 Å². The number of hydrogen-bond acceptors (Lipinski definition) is 5. The first-order valence-corrected chi connectivity index (χ1v) is 9.74. The van der Waals surface area contributed by atoms with Crippen LogP contribution in [0.25, 0.3) is 0 Å². The molecule has 0 unspecified atom stereocenters. The molecule has 1 aromatic carbocycles. The number of hydrogen-bond donors (Lipinski definition) is 3. The Bertz CT molecular complexity index is 814. The summed E-state index contributed by atoms with van der Waals surface area (Å²) in [6.07, 6.45) is 3.26. The molecular weight excluding hydrogens is 374 g/mol. The molecule has 1 aliphatic heterocycles. The molecule has 3 N–H and O–H groups in total. The number of ether oxygens (including phenoxy) is 2. The van der Waals surface area contributed by atoms with Gasteiger partial charge in [-0.2, -0.15) is 0 Å². The van der Waals surface area contributed by atoms with Crippen LogP contribution >= 0.6 is 0 Å². The highest BCUT2D eigenvalue weighted by molar-refractivity contribution is 5.95. The Balaban J connectivity index is 1.42. The lowest BCUT2D eigenvalue weighted by atomic mass is 10.0. The molecule has 3 rings (SSSR count). The van der Waals surface area contributed by atoms with Crippen molar-refractivity contribution in [2.75, 3.05) is 33.9 Å². The molecule has 2 amide bonds. The molecule has 1 aliphatic rings. The Morgan fingerprint density at radius 3 is 2.55 bits per heavy atom. The fourth-order valence-electron chi connectivity index (χ4n) is 3.48. The zero-order chi connectivity index (χ0) is 20.6. The van der Waals surface area contributed by atoms with Crippen LogP contribution in [-0.2, 0) is 11.3 Å². The lowest BCUT2D eigenvalue weighted by molar-refractivity contribution is -0.897. The van der Waals surface area contributed by atoms with Gasteiger partial charge in [-0.05, 0) is 30.3 Å². The molecule has 0 radical (unpaired) electrons. The van der Waals surface area contributed by atoms with Gasteiger partial charge in [0.1, 0.15) is 5.76 Å². The summed E-state index contributed by atoms with van der Waals surface area (Å²) in [5.74, 6) is 1.73. The highest BCUT2D eigenvalue weighted by Crippen LogP contribution is 2.27. The maximum Gasteiger partial charge on any atom is 0.275 e. The zero-order valence-corrected chi connectivity index (χ0v) is 16.8. The molecule has 29 heavy (non-hydrogen) atoms. The Morgan fingerprint density at radius 2 is 1.90 bits per heavy atom. The van der Waals surface area contributed by atoms with Crippen LogP contribution in [-0.4, -0.2) is 51.7 Å². The number of quaternary nitrogens is 1. The van der Waals surface area contributed by atoms with Gasteiger partial charge in [0.2, 0.25) is 0 Å². The van der Waals surface area contributed by atoms with Gasteiger partial charge in [-0.15, -0.1) is 0 Å². The van der Waals surface area contributed by atoms with Crippen LogP contribution in [0.3, 0.4) is 0 Å². The number of piperidine rings is 1. The number of methoxy groups -OCH3 is 2. The summed E-state index contributed by atoms with van der Waals surface area (Å²) in [6, 6.07) is 8.86. The van der Waals surface area contributed by atoms with Gasteiger partial charge in [0.15, 0.2) is 18.0 Å². The normalized spacial score (nSPS) is 18.7. The number of amides is 2. The number of benzene rings is 1. The van der Waals surface area contributed by atoms with Crippen molar-refractivity contribution < 1.29 is 28.4 Å². The van der Waals surface area contributed by atoms with Gasteiger partial charge in [0.05, 0.1) is 40.1 Å². The Labute approximate surface area is 170 Å². The predicted molar refractivity (Wildman–Crippen MR) is 106 cm³/mol. The molecule has 8 heteroatoms. The summed E-state index contributed by atoms with van der Waals surface area (Å²) in [7, 11) is 3.10. The number of furan rings is 1. The van der Waals surface area contributed by atoms with Crippen LogP contribution in [0, 0.1) is 0 Å². The third kappa shape index (κ3) is 5.74. The summed E-state index contributed by atoms with van der Waals surface area (Å²) >= 11 is 0. The number of carbonyl (C=O) groups excluding carboxylic acids is 2. The van der Waals surface area contributed by atoms with E-state index in [4.69, 9.17) is 13.9 Å². The van der Waals surface area contributed by atoms with Crippen molar-refractivity contribution in [2.24, 2.45) is 0 Å². The van der Waals surface area contributed by atoms with Gasteiger partial charge in [-0.25, -0.2) is 0 Å². The summed E-state index contributed by atoms with van der Waals surface area (Å²) in [6.45, 7) is 2.51. The first kappa shape index (κ1) is 20.7. The minimum Gasteiger partial charge on any atom is -0.493 e. The van der Waals surface area contributed by atoms with E-state index in [1.165, 1.54) is 4.90 Å². The molecule has 0 atom stereocenters. The van der Waals surface area contributed by atoms with E-state index in [-0.39, 0.29) is 17.9 Å². The van der Waals surface area contributed by atoms with Crippen molar-refractivity contribution in [3.8, 4) is 11.5 Å². The molecule has 1 aromatic heterocycles. The maximum atomic E-state index is 12.6. The van der Waals surface area contributed by atoms with E-state index in [1.54, 1.807) is 44.7 Å². The molecule has 8 nitrogen and oxygen atoms in total. The van der Waals surface area contributed by atoms with Crippen molar-refractivity contribution in [3.05, 3.63) is 47.9 Å². The molecule has 1 fully saturated rings. The summed E-state index contributed by atoms with van der Waals surface area (Å²) in [5, 5.41) is 5.95. The van der Waals surface area contributed by atoms with E-state index in [9.17, 15) is 9.59 Å². The quantitative estimate of drug-likeness (QED) is 0.594. The minimum absolute atomic E-state index is 0.00390. The first-order valence-electron chi connectivity index (χ1n) is 9.74. The minimum atomic E-state index is -0.129. The van der Waals surface area contributed by atoms with Crippen molar-refractivity contribution in [1.82, 2.24) is 10.6 Å². The summed E-state index contributed by atoms with van der Waals surface area (Å²) in [4.78, 5) is 25.9. The van der Waals surface area contributed by atoms with Crippen LogP contribution < -0.4 is 25.0 Å². The third-order valence-corrected chi connectivity index (χ3v) is 5.12. The third-order valence-electron chi connectivity index (χ3n) is 5.12. The topological polar surface area (TPSA) is 94.2 Å². The molecule has 0 aliphatic carbocycles. The predicted octanol–water partition coefficient (Wildman–Crippen LogP) is 0.390. The van der Waals surface area contributed by atoms with E-state index in [0.29, 0.717) is 30.2 Å². The van der Waals surface area contributed by atoms with E-state index >= 15 is 0 Å². The average molecular weight is 402 g/mol. The van der Waals surface area contributed by atoms with Crippen LogP contribution in [0.2, 0.25) is 0 Å². The number of carbonyl (C=O) groups is 2. The number of likely N-dealkylation sites (tertiary alicyclic amines) is 1. The Hall–Kier alpha value is -3.00. The largest absolute Gasteiger partial charge is 0.493 e. The molecule has 0 saturated carbocycles. The lowest BCUT2D eigenvalue weighted by Crippen LogP contribution is -3.14. The Kier molecular flexibility index (Phi) is 7.13. The monoisotopic (exact) mass is 402 g/mol. The molecular formula is C21H28N3O5+. The van der Waals surface area contributed by atoms with Gasteiger partial charge >= 0.3 is 0 Å². The van der Waals surface area contributed by atoms with Crippen LogP contribution in [0.5, 0.6) is 11.5 Å². The maximum absolute atomic E-state index is 12.6. The second-order valence-corrected chi connectivity index (χ2v) is 7.10. The van der Waals surface area contributed by atoms with Crippen molar-refractivity contribution >= 4 is 11.8 Å². The number of rotatable bonds is 8. The highest BCUT2D eigenvalue weighted by Gasteiger charge is 2.25. The molecule has 156 valence electrons. The van der Waals surface area contributed by atoms with Crippen LogP contribution in [0.15, 0.2) is 41.0 Å². The van der Waals surface area contributed by atoms with E-state index in [0.717, 1.165) is 31.7 Å². The second kappa shape index (κ2) is 9.97. The van der Waals surface area contributed by atoms with Gasteiger partial charge < -0.3 is 29.4 Å². The molecule has 1 saturated heterocycles. The SMILES string of the molecule is COc1ccc(C(=O)NC2CC[NH+](CC(=O)NCc3ccco3)CC2)cc1OC. The highest BCUT2D eigenvalue weighted by atomic mass is 16.5.